The van der Waals surface area contributed by atoms with E-state index < -0.39 is 11.9 Å². The second kappa shape index (κ2) is 6.55. The molecule has 2 aromatic rings. The van der Waals surface area contributed by atoms with Gasteiger partial charge in [0.25, 0.3) is 0 Å². The molecule has 0 N–H and O–H groups in total. The molecular weight excluding hydrogens is 280 g/mol. The SMILES string of the molecule is CCc1ccc([C@H]2CC[C@H](c3ccc(F)nc3F)CC2)cc1. The van der Waals surface area contributed by atoms with Gasteiger partial charge in [0.1, 0.15) is 0 Å². The van der Waals surface area contributed by atoms with E-state index >= 15 is 0 Å². The van der Waals surface area contributed by atoms with Crippen LogP contribution in [0.25, 0.3) is 0 Å². The summed E-state index contributed by atoms with van der Waals surface area (Å²) in [6, 6.07) is 11.7. The van der Waals surface area contributed by atoms with E-state index in [1.54, 1.807) is 6.07 Å². The normalized spacial score (nSPS) is 21.8. The fourth-order valence-corrected chi connectivity index (χ4v) is 3.49. The van der Waals surface area contributed by atoms with Crippen molar-refractivity contribution in [2.75, 3.05) is 0 Å². The van der Waals surface area contributed by atoms with Crippen molar-refractivity contribution in [2.45, 2.75) is 50.9 Å². The van der Waals surface area contributed by atoms with Crippen LogP contribution in [0.4, 0.5) is 8.78 Å². The van der Waals surface area contributed by atoms with Crippen molar-refractivity contribution < 1.29 is 8.78 Å². The van der Waals surface area contributed by atoms with Crippen LogP contribution in [-0.4, -0.2) is 4.98 Å². The van der Waals surface area contributed by atoms with Crippen LogP contribution in [0.1, 0.15) is 61.1 Å². The van der Waals surface area contributed by atoms with Crippen LogP contribution in [-0.2, 0) is 6.42 Å². The zero-order valence-electron chi connectivity index (χ0n) is 12.9. The van der Waals surface area contributed by atoms with Crippen molar-refractivity contribution in [3.63, 3.8) is 0 Å². The Morgan fingerprint density at radius 2 is 1.55 bits per heavy atom. The van der Waals surface area contributed by atoms with Gasteiger partial charge in [-0.15, -0.1) is 0 Å². The lowest BCUT2D eigenvalue weighted by molar-refractivity contribution is 0.381. The van der Waals surface area contributed by atoms with E-state index in [9.17, 15) is 8.78 Å². The zero-order chi connectivity index (χ0) is 15.5. The fraction of sp³-hybridized carbons (Fsp3) is 0.421. The third kappa shape index (κ3) is 3.18. The average Bonchev–Trinajstić information content (AvgIpc) is 2.55. The van der Waals surface area contributed by atoms with E-state index in [0.29, 0.717) is 11.5 Å². The Hall–Kier alpha value is -1.77. The van der Waals surface area contributed by atoms with Gasteiger partial charge in [0, 0.05) is 5.56 Å². The van der Waals surface area contributed by atoms with Crippen LogP contribution in [0.15, 0.2) is 36.4 Å². The lowest BCUT2D eigenvalue weighted by Crippen LogP contribution is -2.14. The van der Waals surface area contributed by atoms with Crippen molar-refractivity contribution in [3.05, 3.63) is 65.0 Å². The number of nitrogens with zero attached hydrogens (tertiary/aromatic N) is 1. The number of aryl methyl sites for hydroxylation is 1. The third-order valence-corrected chi connectivity index (χ3v) is 4.87. The molecule has 3 heteroatoms. The molecule has 0 aliphatic heterocycles. The number of hydrogen-bond donors (Lipinski definition) is 0. The summed E-state index contributed by atoms with van der Waals surface area (Å²) in [6.45, 7) is 2.16. The molecule has 1 aromatic heterocycles. The third-order valence-electron chi connectivity index (χ3n) is 4.87. The van der Waals surface area contributed by atoms with Gasteiger partial charge in [-0.1, -0.05) is 31.2 Å². The monoisotopic (exact) mass is 301 g/mol. The van der Waals surface area contributed by atoms with Crippen molar-refractivity contribution in [3.8, 4) is 0 Å². The van der Waals surface area contributed by atoms with Crippen molar-refractivity contribution in [2.24, 2.45) is 0 Å². The minimum atomic E-state index is -0.744. The maximum Gasteiger partial charge on any atom is 0.218 e. The number of aromatic nitrogens is 1. The smallest absolute Gasteiger partial charge is 0.190 e. The first kappa shape index (κ1) is 15.1. The van der Waals surface area contributed by atoms with E-state index in [4.69, 9.17) is 0 Å². The van der Waals surface area contributed by atoms with Gasteiger partial charge < -0.3 is 0 Å². The lowest BCUT2D eigenvalue weighted by Gasteiger charge is -2.29. The maximum atomic E-state index is 13.8. The molecular formula is C19H21F2N. The number of hydrogen-bond acceptors (Lipinski definition) is 1. The molecule has 0 bridgehead atoms. The minimum absolute atomic E-state index is 0.166. The highest BCUT2D eigenvalue weighted by molar-refractivity contribution is 5.27. The molecule has 1 fully saturated rings. The lowest BCUT2D eigenvalue weighted by atomic mass is 9.76. The molecule has 1 aliphatic rings. The maximum absolute atomic E-state index is 13.8. The Bertz CT molecular complexity index is 628. The fourth-order valence-electron chi connectivity index (χ4n) is 3.49. The Morgan fingerprint density at radius 3 is 2.14 bits per heavy atom. The Kier molecular flexibility index (Phi) is 4.51. The van der Waals surface area contributed by atoms with Crippen LogP contribution in [0.2, 0.25) is 0 Å². The Balaban J connectivity index is 1.66. The molecule has 22 heavy (non-hydrogen) atoms. The highest BCUT2D eigenvalue weighted by Gasteiger charge is 2.25. The summed E-state index contributed by atoms with van der Waals surface area (Å²) in [5.74, 6) is -0.667. The van der Waals surface area contributed by atoms with Crippen molar-refractivity contribution in [1.29, 1.82) is 0 Å². The highest BCUT2D eigenvalue weighted by Crippen LogP contribution is 2.40. The molecule has 0 atom stereocenters. The molecule has 0 spiro atoms. The van der Waals surface area contributed by atoms with Crippen molar-refractivity contribution >= 4 is 0 Å². The molecule has 1 heterocycles. The predicted octanol–water partition coefficient (Wildman–Crippen LogP) is 5.36. The number of benzene rings is 1. The Morgan fingerprint density at radius 1 is 0.909 bits per heavy atom. The first-order chi connectivity index (χ1) is 10.7. The number of rotatable bonds is 3. The predicted molar refractivity (Wildman–Crippen MR) is 83.9 cm³/mol. The van der Waals surface area contributed by atoms with Gasteiger partial charge >= 0.3 is 0 Å². The van der Waals surface area contributed by atoms with E-state index in [1.165, 1.54) is 17.2 Å². The van der Waals surface area contributed by atoms with E-state index in [0.717, 1.165) is 32.1 Å². The highest BCUT2D eigenvalue weighted by atomic mass is 19.1. The van der Waals surface area contributed by atoms with Crippen LogP contribution in [0.3, 0.4) is 0 Å². The molecule has 1 saturated carbocycles. The molecule has 0 saturated heterocycles. The Labute approximate surface area is 130 Å². The van der Waals surface area contributed by atoms with Gasteiger partial charge in [-0.3, -0.25) is 0 Å². The van der Waals surface area contributed by atoms with Crippen LogP contribution >= 0.6 is 0 Å². The van der Waals surface area contributed by atoms with Gasteiger partial charge in [0.2, 0.25) is 11.9 Å². The van der Waals surface area contributed by atoms with Gasteiger partial charge in [-0.05, 0) is 67.2 Å². The van der Waals surface area contributed by atoms with Crippen LogP contribution < -0.4 is 0 Å². The summed E-state index contributed by atoms with van der Waals surface area (Å²) in [5.41, 5.74) is 3.31. The van der Waals surface area contributed by atoms with Crippen molar-refractivity contribution in [1.82, 2.24) is 4.98 Å². The van der Waals surface area contributed by atoms with E-state index in [-0.39, 0.29) is 5.92 Å². The summed E-state index contributed by atoms with van der Waals surface area (Å²) < 4.78 is 26.7. The minimum Gasteiger partial charge on any atom is -0.190 e. The van der Waals surface area contributed by atoms with Crippen LogP contribution in [0.5, 0.6) is 0 Å². The first-order valence-corrected chi connectivity index (χ1v) is 8.08. The quantitative estimate of drug-likeness (QED) is 0.695. The summed E-state index contributed by atoms with van der Waals surface area (Å²) in [6.07, 6.45) is 5.03. The van der Waals surface area contributed by atoms with Gasteiger partial charge in [0.15, 0.2) is 0 Å². The standard InChI is InChI=1S/C19H21F2N/c1-2-13-3-5-14(6-4-13)15-7-9-16(10-8-15)17-11-12-18(20)22-19(17)21/h3-6,11-12,15-16H,2,7-10H2,1H3/t15-,16-. The summed E-state index contributed by atoms with van der Waals surface area (Å²) in [7, 11) is 0. The topological polar surface area (TPSA) is 12.9 Å². The molecule has 0 amide bonds. The molecule has 1 nitrogen and oxygen atoms in total. The average molecular weight is 301 g/mol. The number of pyridine rings is 1. The molecule has 1 aliphatic carbocycles. The molecule has 116 valence electrons. The summed E-state index contributed by atoms with van der Waals surface area (Å²) >= 11 is 0. The van der Waals surface area contributed by atoms with Crippen LogP contribution in [0, 0.1) is 11.9 Å². The molecule has 0 radical (unpaired) electrons. The van der Waals surface area contributed by atoms with Gasteiger partial charge in [-0.2, -0.15) is 13.8 Å². The molecule has 0 unspecified atom stereocenters. The second-order valence-corrected chi connectivity index (χ2v) is 6.16. The van der Waals surface area contributed by atoms with E-state index in [2.05, 4.69) is 36.2 Å². The summed E-state index contributed by atoms with van der Waals surface area (Å²) in [4.78, 5) is 3.31. The largest absolute Gasteiger partial charge is 0.218 e. The zero-order valence-corrected chi connectivity index (χ0v) is 12.9. The first-order valence-electron chi connectivity index (χ1n) is 8.08. The van der Waals surface area contributed by atoms with Gasteiger partial charge in [-0.25, -0.2) is 0 Å². The number of halogens is 2. The van der Waals surface area contributed by atoms with E-state index in [1.807, 2.05) is 0 Å². The molecule has 3 rings (SSSR count). The van der Waals surface area contributed by atoms with Gasteiger partial charge in [0.05, 0.1) is 0 Å². The second-order valence-electron chi connectivity index (χ2n) is 6.16. The molecule has 1 aromatic carbocycles. The summed E-state index contributed by atoms with van der Waals surface area (Å²) in [5, 5.41) is 0.